The normalized spacial score (nSPS) is 16.6. The molecule has 1 atom stereocenters. The van der Waals surface area contributed by atoms with Crippen LogP contribution < -0.4 is 4.74 Å². The molecule has 168 valence electrons. The van der Waals surface area contributed by atoms with Crippen LogP contribution in [0.5, 0.6) is 5.75 Å². The van der Waals surface area contributed by atoms with Gasteiger partial charge in [-0.2, -0.15) is 0 Å². The molecule has 1 unspecified atom stereocenters. The second-order valence-electron chi connectivity index (χ2n) is 8.11. The highest BCUT2D eigenvalue weighted by Gasteiger charge is 2.45. The van der Waals surface area contributed by atoms with E-state index in [1.165, 1.54) is 18.4 Å². The monoisotopic (exact) mass is 454 g/mol. The van der Waals surface area contributed by atoms with Crippen LogP contribution in [0.4, 0.5) is 0 Å². The van der Waals surface area contributed by atoms with E-state index in [0.29, 0.717) is 23.3 Å². The summed E-state index contributed by atoms with van der Waals surface area (Å²) in [6.45, 7) is 3.15. The number of ketones is 1. The van der Waals surface area contributed by atoms with E-state index < -0.39 is 23.5 Å². The van der Waals surface area contributed by atoms with Crippen molar-refractivity contribution in [2.24, 2.45) is 0 Å². The molecule has 3 heterocycles. The number of hydrogen-bond donors (Lipinski definition) is 1. The predicted octanol–water partition coefficient (Wildman–Crippen LogP) is 4.34. The number of benzene rings is 1. The second-order valence-corrected chi connectivity index (χ2v) is 9.05. The van der Waals surface area contributed by atoms with Crippen molar-refractivity contribution in [2.75, 3.05) is 34.3 Å². The van der Waals surface area contributed by atoms with Crippen LogP contribution >= 0.6 is 11.3 Å². The van der Waals surface area contributed by atoms with Crippen molar-refractivity contribution in [1.29, 1.82) is 0 Å². The Morgan fingerprint density at radius 1 is 1.31 bits per heavy atom. The number of thiophene rings is 1. The molecule has 1 aliphatic heterocycles. The summed E-state index contributed by atoms with van der Waals surface area (Å²) in [5.41, 5.74) is 1.48. The van der Waals surface area contributed by atoms with E-state index in [2.05, 4.69) is 0 Å². The minimum absolute atomic E-state index is 0.0587. The number of para-hydroxylation sites is 1. The standard InChI is InChI=1S/C24H26N2O5S/c1-14-9-12-32-23(14)19-18(21(28)24(29)26(19)11-6-10-25(2)3)20(27)17-13-15-7-5-8-16(30-4)22(15)31-17/h5,7-9,12-13,19,28H,6,10-11H2,1-4H3. The first-order valence-corrected chi connectivity index (χ1v) is 11.3. The van der Waals surface area contributed by atoms with Gasteiger partial charge in [-0.15, -0.1) is 11.3 Å². The molecule has 1 aliphatic rings. The lowest BCUT2D eigenvalue weighted by Gasteiger charge is -2.26. The molecule has 7 nitrogen and oxygen atoms in total. The van der Waals surface area contributed by atoms with Gasteiger partial charge in [0.05, 0.1) is 18.7 Å². The number of ether oxygens (including phenoxy) is 1. The molecule has 1 aromatic carbocycles. The summed E-state index contributed by atoms with van der Waals surface area (Å²) in [5.74, 6) is -0.961. The molecule has 0 spiro atoms. The Bertz CT molecular complexity index is 1210. The zero-order valence-electron chi connectivity index (χ0n) is 18.5. The first-order chi connectivity index (χ1) is 15.3. The molecule has 4 rings (SSSR count). The first-order valence-electron chi connectivity index (χ1n) is 10.4. The Kier molecular flexibility index (Phi) is 6.08. The molecule has 0 bridgehead atoms. The zero-order chi connectivity index (χ0) is 23.0. The molecule has 0 saturated carbocycles. The zero-order valence-corrected chi connectivity index (χ0v) is 19.4. The maximum atomic E-state index is 13.6. The smallest absolute Gasteiger partial charge is 0.290 e. The molecule has 2 aromatic heterocycles. The number of aryl methyl sites for hydroxylation is 1. The third-order valence-corrected chi connectivity index (χ3v) is 6.73. The summed E-state index contributed by atoms with van der Waals surface area (Å²) in [7, 11) is 5.46. The average Bonchev–Trinajstić information content (AvgIpc) is 3.45. The number of nitrogens with zero attached hydrogens (tertiary/aromatic N) is 2. The van der Waals surface area contributed by atoms with E-state index >= 15 is 0 Å². The number of Topliss-reactive ketones (excluding diaryl/α,β-unsaturated/α-hetero) is 1. The molecule has 32 heavy (non-hydrogen) atoms. The van der Waals surface area contributed by atoms with Gasteiger partial charge in [0, 0.05) is 16.8 Å². The van der Waals surface area contributed by atoms with Crippen LogP contribution in [0.25, 0.3) is 11.0 Å². The molecule has 0 fully saturated rings. The maximum absolute atomic E-state index is 13.6. The number of aliphatic hydroxyl groups excluding tert-OH is 1. The van der Waals surface area contributed by atoms with Crippen LogP contribution in [-0.2, 0) is 4.79 Å². The molecule has 0 radical (unpaired) electrons. The van der Waals surface area contributed by atoms with Crippen molar-refractivity contribution in [3.63, 3.8) is 0 Å². The molecule has 1 amide bonds. The number of hydrogen-bond acceptors (Lipinski definition) is 7. The number of carbonyl (C=O) groups excluding carboxylic acids is 2. The highest BCUT2D eigenvalue weighted by Crippen LogP contribution is 2.43. The van der Waals surface area contributed by atoms with E-state index in [9.17, 15) is 14.7 Å². The molecule has 8 heteroatoms. The molecular weight excluding hydrogens is 428 g/mol. The van der Waals surface area contributed by atoms with Crippen LogP contribution in [0.2, 0.25) is 0 Å². The predicted molar refractivity (Wildman–Crippen MR) is 123 cm³/mol. The van der Waals surface area contributed by atoms with Gasteiger partial charge in [-0.3, -0.25) is 9.59 Å². The first kappa shape index (κ1) is 22.1. The van der Waals surface area contributed by atoms with Crippen LogP contribution in [-0.4, -0.2) is 60.9 Å². The van der Waals surface area contributed by atoms with E-state index in [0.717, 1.165) is 23.4 Å². The van der Waals surface area contributed by atoms with Crippen molar-refractivity contribution < 1.29 is 23.8 Å². The van der Waals surface area contributed by atoms with E-state index in [1.54, 1.807) is 17.0 Å². The van der Waals surface area contributed by atoms with Gasteiger partial charge in [0.1, 0.15) is 0 Å². The Morgan fingerprint density at radius 2 is 2.09 bits per heavy atom. The minimum Gasteiger partial charge on any atom is -0.503 e. The summed E-state index contributed by atoms with van der Waals surface area (Å²) >= 11 is 1.47. The highest BCUT2D eigenvalue weighted by atomic mass is 32.1. The van der Waals surface area contributed by atoms with Gasteiger partial charge >= 0.3 is 0 Å². The van der Waals surface area contributed by atoms with Crippen molar-refractivity contribution in [1.82, 2.24) is 9.80 Å². The van der Waals surface area contributed by atoms with E-state index in [4.69, 9.17) is 9.15 Å². The summed E-state index contributed by atoms with van der Waals surface area (Å²) in [5, 5.41) is 13.4. The summed E-state index contributed by atoms with van der Waals surface area (Å²) in [4.78, 5) is 31.1. The van der Waals surface area contributed by atoms with Crippen molar-refractivity contribution in [3.05, 3.63) is 63.2 Å². The van der Waals surface area contributed by atoms with Gasteiger partial charge in [0.2, 0.25) is 5.78 Å². The largest absolute Gasteiger partial charge is 0.503 e. The van der Waals surface area contributed by atoms with Crippen LogP contribution in [0.15, 0.2) is 51.5 Å². The Balaban J connectivity index is 1.76. The Hall–Kier alpha value is -3.10. The van der Waals surface area contributed by atoms with Gasteiger partial charge in [-0.05, 0) is 63.1 Å². The van der Waals surface area contributed by atoms with E-state index in [1.807, 2.05) is 49.5 Å². The SMILES string of the molecule is COc1cccc2cc(C(=O)C3=C(O)C(=O)N(CCCN(C)C)C3c3sccc3C)oc12. The molecule has 0 saturated heterocycles. The van der Waals surface area contributed by atoms with Crippen LogP contribution in [0.3, 0.4) is 0 Å². The Labute approximate surface area is 190 Å². The fraction of sp³-hybridized carbons (Fsp3) is 0.333. The van der Waals surface area contributed by atoms with Gasteiger partial charge in [0.25, 0.3) is 5.91 Å². The number of aliphatic hydroxyl groups is 1. The average molecular weight is 455 g/mol. The number of methoxy groups -OCH3 is 1. The van der Waals surface area contributed by atoms with Gasteiger partial charge < -0.3 is 24.1 Å². The molecule has 3 aromatic rings. The maximum Gasteiger partial charge on any atom is 0.290 e. The number of fused-ring (bicyclic) bond motifs is 1. The van der Waals surface area contributed by atoms with Crippen LogP contribution in [0, 0.1) is 6.92 Å². The lowest BCUT2D eigenvalue weighted by molar-refractivity contribution is -0.129. The fourth-order valence-electron chi connectivity index (χ4n) is 4.05. The number of furan rings is 1. The van der Waals surface area contributed by atoms with Crippen molar-refractivity contribution >= 4 is 34.0 Å². The highest BCUT2D eigenvalue weighted by molar-refractivity contribution is 7.10. The Morgan fingerprint density at radius 3 is 2.75 bits per heavy atom. The number of carbonyl (C=O) groups is 2. The molecule has 0 aliphatic carbocycles. The lowest BCUT2D eigenvalue weighted by Crippen LogP contribution is -2.33. The molecular formula is C24H26N2O5S. The lowest BCUT2D eigenvalue weighted by atomic mass is 9.98. The molecule has 1 N–H and O–H groups in total. The van der Waals surface area contributed by atoms with E-state index in [-0.39, 0.29) is 11.3 Å². The van der Waals surface area contributed by atoms with Gasteiger partial charge in [-0.1, -0.05) is 12.1 Å². The minimum atomic E-state index is -0.646. The van der Waals surface area contributed by atoms with Crippen molar-refractivity contribution in [2.45, 2.75) is 19.4 Å². The topological polar surface area (TPSA) is 83.2 Å². The van der Waals surface area contributed by atoms with Crippen LogP contribution in [0.1, 0.15) is 33.5 Å². The third kappa shape index (κ3) is 3.80. The van der Waals surface area contributed by atoms with Crippen molar-refractivity contribution in [3.8, 4) is 5.75 Å². The second kappa shape index (κ2) is 8.80. The quantitative estimate of drug-likeness (QED) is 0.510. The van der Waals surface area contributed by atoms with Gasteiger partial charge in [0.15, 0.2) is 22.9 Å². The third-order valence-electron chi connectivity index (χ3n) is 5.65. The number of amides is 1. The summed E-state index contributed by atoms with van der Waals surface area (Å²) in [6.07, 6.45) is 0.719. The van der Waals surface area contributed by atoms with Gasteiger partial charge in [-0.25, -0.2) is 0 Å². The fourth-order valence-corrected chi connectivity index (χ4v) is 5.10. The summed E-state index contributed by atoms with van der Waals surface area (Å²) in [6, 6.07) is 8.31. The number of rotatable bonds is 8. The summed E-state index contributed by atoms with van der Waals surface area (Å²) < 4.78 is 11.2.